The summed E-state index contributed by atoms with van der Waals surface area (Å²) >= 11 is 1.12. The number of carbonyl (C=O) groups is 1. The van der Waals surface area contributed by atoms with Crippen LogP contribution in [0.25, 0.3) is 10.2 Å². The van der Waals surface area contributed by atoms with Gasteiger partial charge in [-0.25, -0.2) is 0 Å². The molecule has 1 aromatic heterocycles. The summed E-state index contributed by atoms with van der Waals surface area (Å²) < 4.78 is 2.31. The van der Waals surface area contributed by atoms with Gasteiger partial charge in [0.15, 0.2) is 4.80 Å². The van der Waals surface area contributed by atoms with Gasteiger partial charge >= 0.3 is 0 Å². The summed E-state index contributed by atoms with van der Waals surface area (Å²) in [6.07, 6.45) is 1.62. The van der Waals surface area contributed by atoms with Crippen molar-refractivity contribution in [1.29, 1.82) is 0 Å². The number of non-ortho nitro benzene ring substituents is 1. The predicted octanol–water partition coefficient (Wildman–Crippen LogP) is 3.75. The first-order valence-corrected chi connectivity index (χ1v) is 8.87. The van der Waals surface area contributed by atoms with Crippen molar-refractivity contribution in [2.24, 2.45) is 4.99 Å². The number of carbonyl (C=O) groups excluding carboxylic acids is 1. The summed E-state index contributed by atoms with van der Waals surface area (Å²) in [6, 6.07) is 8.62. The number of aromatic nitrogens is 1. The van der Waals surface area contributed by atoms with E-state index in [1.165, 1.54) is 37.3 Å². The molecule has 0 N–H and O–H groups in total. The van der Waals surface area contributed by atoms with Gasteiger partial charge in [-0.3, -0.25) is 25.0 Å². The van der Waals surface area contributed by atoms with E-state index in [9.17, 15) is 25.0 Å². The van der Waals surface area contributed by atoms with E-state index in [-0.39, 0.29) is 22.5 Å². The van der Waals surface area contributed by atoms with Crippen molar-refractivity contribution < 1.29 is 14.6 Å². The number of thiazole rings is 1. The van der Waals surface area contributed by atoms with Crippen molar-refractivity contribution in [2.45, 2.75) is 13.5 Å². The molecule has 2 aromatic carbocycles. The molecular formula is C18H14N4O5S. The molecule has 0 atom stereocenters. The Hall–Kier alpha value is -3.66. The second kappa shape index (κ2) is 7.53. The Balaban J connectivity index is 2.18. The second-order valence-corrected chi connectivity index (χ2v) is 6.83. The molecular weight excluding hydrogens is 384 g/mol. The van der Waals surface area contributed by atoms with E-state index < -0.39 is 15.8 Å². The number of fused-ring (bicyclic) bond motifs is 1. The molecule has 142 valence electrons. The van der Waals surface area contributed by atoms with Crippen LogP contribution in [0.15, 0.2) is 54.0 Å². The van der Waals surface area contributed by atoms with Gasteiger partial charge in [-0.15, -0.1) is 6.58 Å². The topological polar surface area (TPSA) is 121 Å². The molecule has 3 rings (SSSR count). The van der Waals surface area contributed by atoms with Crippen LogP contribution in [0.4, 0.5) is 11.4 Å². The number of nitrogens with zero attached hydrogens (tertiary/aromatic N) is 4. The highest BCUT2D eigenvalue weighted by Crippen LogP contribution is 2.24. The van der Waals surface area contributed by atoms with E-state index in [4.69, 9.17) is 0 Å². The van der Waals surface area contributed by atoms with Crippen LogP contribution < -0.4 is 4.80 Å². The van der Waals surface area contributed by atoms with Crippen molar-refractivity contribution >= 4 is 38.8 Å². The van der Waals surface area contributed by atoms with Gasteiger partial charge in [0.2, 0.25) is 0 Å². The number of rotatable bonds is 5. The number of hydrogen-bond donors (Lipinski definition) is 0. The van der Waals surface area contributed by atoms with Crippen molar-refractivity contribution in [2.75, 3.05) is 0 Å². The van der Waals surface area contributed by atoms with Crippen LogP contribution in [0, 0.1) is 27.2 Å². The summed E-state index contributed by atoms with van der Waals surface area (Å²) in [5.74, 6) is -0.625. The SMILES string of the molecule is C=CCn1c(=NC(=O)c2cccc([N+](=O)[O-])c2C)sc2cc([N+](=O)[O-])ccc21. The number of nitro benzene ring substituents is 2. The zero-order chi connectivity index (χ0) is 20.4. The van der Waals surface area contributed by atoms with Crippen molar-refractivity contribution in [3.05, 3.63) is 85.2 Å². The van der Waals surface area contributed by atoms with Crippen LogP contribution >= 0.6 is 11.3 Å². The molecule has 0 aliphatic heterocycles. The zero-order valence-corrected chi connectivity index (χ0v) is 15.5. The van der Waals surface area contributed by atoms with Crippen LogP contribution in [0.1, 0.15) is 15.9 Å². The minimum Gasteiger partial charge on any atom is -0.312 e. The molecule has 9 nitrogen and oxygen atoms in total. The third kappa shape index (κ3) is 3.45. The molecule has 0 radical (unpaired) electrons. The molecule has 3 aromatic rings. The highest BCUT2D eigenvalue weighted by molar-refractivity contribution is 7.16. The molecule has 0 fully saturated rings. The van der Waals surface area contributed by atoms with Crippen molar-refractivity contribution in [3.8, 4) is 0 Å². The average Bonchev–Trinajstić information content (AvgIpc) is 2.98. The normalized spacial score (nSPS) is 11.5. The van der Waals surface area contributed by atoms with Crippen LogP contribution in [0.2, 0.25) is 0 Å². The predicted molar refractivity (Wildman–Crippen MR) is 104 cm³/mol. The van der Waals surface area contributed by atoms with Crippen LogP contribution in [0.3, 0.4) is 0 Å². The van der Waals surface area contributed by atoms with E-state index in [0.29, 0.717) is 21.6 Å². The van der Waals surface area contributed by atoms with E-state index in [1.54, 1.807) is 16.7 Å². The second-order valence-electron chi connectivity index (χ2n) is 5.82. The molecule has 0 aliphatic rings. The Kier molecular flexibility index (Phi) is 5.14. The zero-order valence-electron chi connectivity index (χ0n) is 14.7. The minimum atomic E-state index is -0.625. The average molecular weight is 398 g/mol. The smallest absolute Gasteiger partial charge is 0.280 e. The number of nitro groups is 2. The lowest BCUT2D eigenvalue weighted by molar-refractivity contribution is -0.385. The molecule has 1 heterocycles. The van der Waals surface area contributed by atoms with E-state index >= 15 is 0 Å². The molecule has 28 heavy (non-hydrogen) atoms. The summed E-state index contributed by atoms with van der Waals surface area (Å²) in [7, 11) is 0. The number of allylic oxidation sites excluding steroid dienone is 1. The lowest BCUT2D eigenvalue weighted by Crippen LogP contribution is -2.16. The van der Waals surface area contributed by atoms with E-state index in [1.807, 2.05) is 0 Å². The number of hydrogen-bond acceptors (Lipinski definition) is 6. The third-order valence-corrected chi connectivity index (χ3v) is 5.16. The maximum Gasteiger partial charge on any atom is 0.280 e. The van der Waals surface area contributed by atoms with Gasteiger partial charge in [-0.05, 0) is 19.1 Å². The Morgan fingerprint density at radius 1 is 1.25 bits per heavy atom. The third-order valence-electron chi connectivity index (χ3n) is 4.12. The van der Waals surface area contributed by atoms with Crippen molar-refractivity contribution in [3.63, 3.8) is 0 Å². The highest BCUT2D eigenvalue weighted by Gasteiger charge is 2.18. The van der Waals surface area contributed by atoms with E-state index in [2.05, 4.69) is 11.6 Å². The minimum absolute atomic E-state index is 0.0630. The highest BCUT2D eigenvalue weighted by atomic mass is 32.1. The van der Waals surface area contributed by atoms with Gasteiger partial charge < -0.3 is 4.57 Å². The molecule has 1 amide bonds. The molecule has 0 saturated carbocycles. The molecule has 0 spiro atoms. The van der Waals surface area contributed by atoms with Crippen LogP contribution in [-0.4, -0.2) is 20.3 Å². The molecule has 0 unspecified atom stereocenters. The lowest BCUT2D eigenvalue weighted by Gasteiger charge is -2.03. The maximum absolute atomic E-state index is 12.7. The van der Waals surface area contributed by atoms with Gasteiger partial charge in [0.05, 0.1) is 25.6 Å². The summed E-state index contributed by atoms with van der Waals surface area (Å²) in [4.78, 5) is 38.2. The van der Waals surface area contributed by atoms with Gasteiger partial charge in [0.1, 0.15) is 0 Å². The van der Waals surface area contributed by atoms with Crippen molar-refractivity contribution in [1.82, 2.24) is 4.57 Å². The fourth-order valence-corrected chi connectivity index (χ4v) is 3.84. The molecule has 0 aliphatic carbocycles. The van der Waals surface area contributed by atoms with Crippen LogP contribution in [0.5, 0.6) is 0 Å². The quantitative estimate of drug-likeness (QED) is 0.368. The number of benzene rings is 2. The summed E-state index contributed by atoms with van der Waals surface area (Å²) in [6.45, 7) is 5.52. The molecule has 0 saturated heterocycles. The van der Waals surface area contributed by atoms with Gasteiger partial charge in [0, 0.05) is 30.3 Å². The monoisotopic (exact) mass is 398 g/mol. The standard InChI is InChI=1S/C18H14N4O5S/c1-3-9-20-15-8-7-12(21(24)25)10-16(15)28-18(20)19-17(23)13-5-4-6-14(11(13)2)22(26)27/h3-8,10H,1,9H2,2H3. The lowest BCUT2D eigenvalue weighted by atomic mass is 10.1. The Bertz CT molecular complexity index is 1210. The largest absolute Gasteiger partial charge is 0.312 e. The van der Waals surface area contributed by atoms with Gasteiger partial charge in [-0.2, -0.15) is 4.99 Å². The molecule has 0 bridgehead atoms. The Labute approximate surface area is 162 Å². The molecule has 10 heteroatoms. The summed E-state index contributed by atoms with van der Waals surface area (Å²) in [5.41, 5.74) is 0.813. The van der Waals surface area contributed by atoms with Gasteiger partial charge in [0.25, 0.3) is 17.3 Å². The number of amides is 1. The maximum atomic E-state index is 12.7. The first-order valence-electron chi connectivity index (χ1n) is 8.05. The fourth-order valence-electron chi connectivity index (χ4n) is 2.77. The van der Waals surface area contributed by atoms with Gasteiger partial charge in [-0.1, -0.05) is 23.5 Å². The van der Waals surface area contributed by atoms with Crippen LogP contribution in [-0.2, 0) is 6.54 Å². The van der Waals surface area contributed by atoms with E-state index in [0.717, 1.165) is 11.3 Å². The first kappa shape index (κ1) is 19.1. The Morgan fingerprint density at radius 3 is 2.64 bits per heavy atom. The summed E-state index contributed by atoms with van der Waals surface area (Å²) in [5, 5.41) is 22.1. The Morgan fingerprint density at radius 2 is 2.00 bits per heavy atom. The first-order chi connectivity index (χ1) is 13.3. The fraction of sp³-hybridized carbons (Fsp3) is 0.111.